The molecule has 0 bridgehead atoms. The number of hydrogen-bond acceptors (Lipinski definition) is 4. The summed E-state index contributed by atoms with van der Waals surface area (Å²) < 4.78 is 2.27. The highest BCUT2D eigenvalue weighted by Gasteiger charge is 2.19. The standard InChI is InChI=1S/C23H20Cl2N4O3/c1-2-3-9-28-14-18(21(30)27-13-16-7-8-19(24)20(25)11-16)22(31)29(23(28)32)17-6-4-5-15(10-17)12-26/h4-8,10-11,14H,2-3,9,13H2,1H3,(H,27,30). The first-order valence-corrected chi connectivity index (χ1v) is 10.7. The van der Waals surface area contributed by atoms with Gasteiger partial charge in [-0.25, -0.2) is 9.36 Å². The summed E-state index contributed by atoms with van der Waals surface area (Å²) in [6.45, 7) is 2.44. The molecule has 1 heterocycles. The molecule has 7 nitrogen and oxygen atoms in total. The number of aryl methyl sites for hydroxylation is 1. The van der Waals surface area contributed by atoms with Gasteiger partial charge in [0.25, 0.3) is 11.5 Å². The molecule has 0 saturated heterocycles. The van der Waals surface area contributed by atoms with Gasteiger partial charge in [-0.05, 0) is 42.3 Å². The zero-order chi connectivity index (χ0) is 23.3. The molecule has 0 atom stereocenters. The van der Waals surface area contributed by atoms with Crippen LogP contribution in [-0.2, 0) is 13.1 Å². The van der Waals surface area contributed by atoms with Crippen molar-refractivity contribution < 1.29 is 4.79 Å². The second-order valence-corrected chi connectivity index (χ2v) is 7.92. The van der Waals surface area contributed by atoms with Crippen molar-refractivity contribution in [3.05, 3.63) is 96.2 Å². The number of unbranched alkanes of at least 4 members (excludes halogenated alkanes) is 1. The smallest absolute Gasteiger partial charge is 0.335 e. The van der Waals surface area contributed by atoms with Gasteiger partial charge in [0, 0.05) is 19.3 Å². The fourth-order valence-corrected chi connectivity index (χ4v) is 3.44. The van der Waals surface area contributed by atoms with Gasteiger partial charge in [-0.1, -0.05) is 48.7 Å². The Morgan fingerprint density at radius 2 is 1.91 bits per heavy atom. The second kappa shape index (κ2) is 10.3. The number of carbonyl (C=O) groups excluding carboxylic acids is 1. The topological polar surface area (TPSA) is 96.9 Å². The van der Waals surface area contributed by atoms with Crippen molar-refractivity contribution in [3.8, 4) is 11.8 Å². The molecule has 1 aromatic heterocycles. The predicted molar refractivity (Wildman–Crippen MR) is 124 cm³/mol. The summed E-state index contributed by atoms with van der Waals surface area (Å²) in [6.07, 6.45) is 2.81. The van der Waals surface area contributed by atoms with E-state index in [9.17, 15) is 19.6 Å². The first-order valence-electron chi connectivity index (χ1n) is 9.95. The molecule has 164 valence electrons. The Morgan fingerprint density at radius 3 is 2.59 bits per heavy atom. The molecule has 0 fully saturated rings. The number of nitrogens with one attached hydrogen (secondary N) is 1. The van der Waals surface area contributed by atoms with Gasteiger partial charge in [0.05, 0.1) is 27.4 Å². The summed E-state index contributed by atoms with van der Waals surface area (Å²) in [5.74, 6) is -0.628. The molecular weight excluding hydrogens is 451 g/mol. The van der Waals surface area contributed by atoms with E-state index >= 15 is 0 Å². The average molecular weight is 471 g/mol. The van der Waals surface area contributed by atoms with Crippen LogP contribution in [0.1, 0.15) is 41.3 Å². The highest BCUT2D eigenvalue weighted by Crippen LogP contribution is 2.22. The highest BCUT2D eigenvalue weighted by atomic mass is 35.5. The van der Waals surface area contributed by atoms with Crippen LogP contribution in [0.2, 0.25) is 10.0 Å². The number of aromatic nitrogens is 2. The fraction of sp³-hybridized carbons (Fsp3) is 0.217. The molecule has 0 saturated carbocycles. The van der Waals surface area contributed by atoms with Gasteiger partial charge in [0.1, 0.15) is 5.56 Å². The first kappa shape index (κ1) is 23.3. The van der Waals surface area contributed by atoms with Crippen LogP contribution in [0.3, 0.4) is 0 Å². The predicted octanol–water partition coefficient (Wildman–Crippen LogP) is 3.91. The molecule has 2 aromatic carbocycles. The average Bonchev–Trinajstić information content (AvgIpc) is 2.79. The highest BCUT2D eigenvalue weighted by molar-refractivity contribution is 6.42. The third-order valence-electron chi connectivity index (χ3n) is 4.82. The van der Waals surface area contributed by atoms with Crippen LogP contribution in [0.4, 0.5) is 0 Å². The van der Waals surface area contributed by atoms with E-state index in [0.717, 1.165) is 11.0 Å². The molecule has 1 N–H and O–H groups in total. The number of hydrogen-bond donors (Lipinski definition) is 1. The number of nitrogens with zero attached hydrogens (tertiary/aromatic N) is 3. The molecule has 32 heavy (non-hydrogen) atoms. The number of halogens is 2. The zero-order valence-corrected chi connectivity index (χ0v) is 18.8. The van der Waals surface area contributed by atoms with Crippen LogP contribution in [0.25, 0.3) is 5.69 Å². The van der Waals surface area contributed by atoms with E-state index in [4.69, 9.17) is 23.2 Å². The quantitative estimate of drug-likeness (QED) is 0.565. The monoisotopic (exact) mass is 470 g/mol. The summed E-state index contributed by atoms with van der Waals surface area (Å²) in [5, 5.41) is 12.6. The van der Waals surface area contributed by atoms with Gasteiger partial charge in [-0.15, -0.1) is 0 Å². The molecule has 0 aliphatic heterocycles. The maximum Gasteiger partial charge on any atom is 0.335 e. The van der Waals surface area contributed by atoms with Crippen LogP contribution in [-0.4, -0.2) is 15.0 Å². The summed E-state index contributed by atoms with van der Waals surface area (Å²) in [5.41, 5.74) is -0.284. The lowest BCUT2D eigenvalue weighted by atomic mass is 10.2. The van der Waals surface area contributed by atoms with Crippen LogP contribution in [0.5, 0.6) is 0 Å². The Kier molecular flexibility index (Phi) is 7.52. The van der Waals surface area contributed by atoms with Crippen molar-refractivity contribution in [1.29, 1.82) is 5.26 Å². The van der Waals surface area contributed by atoms with E-state index in [-0.39, 0.29) is 17.8 Å². The van der Waals surface area contributed by atoms with Crippen LogP contribution >= 0.6 is 23.2 Å². The SMILES string of the molecule is CCCCn1cc(C(=O)NCc2ccc(Cl)c(Cl)c2)c(=O)n(-c2cccc(C#N)c2)c1=O. The Balaban J connectivity index is 2.03. The minimum atomic E-state index is -0.760. The number of benzene rings is 2. The normalized spacial score (nSPS) is 10.6. The van der Waals surface area contributed by atoms with E-state index in [1.54, 1.807) is 36.4 Å². The Morgan fingerprint density at radius 1 is 1.12 bits per heavy atom. The lowest BCUT2D eigenvalue weighted by molar-refractivity contribution is 0.0948. The first-order chi connectivity index (χ1) is 15.3. The van der Waals surface area contributed by atoms with Crippen molar-refractivity contribution in [2.45, 2.75) is 32.9 Å². The van der Waals surface area contributed by atoms with Crippen molar-refractivity contribution >= 4 is 29.1 Å². The van der Waals surface area contributed by atoms with Gasteiger partial charge in [0.15, 0.2) is 0 Å². The zero-order valence-electron chi connectivity index (χ0n) is 17.3. The maximum atomic E-state index is 13.1. The molecule has 0 unspecified atom stereocenters. The molecule has 1 amide bonds. The Bertz CT molecular complexity index is 1320. The van der Waals surface area contributed by atoms with Gasteiger partial charge in [-0.3, -0.25) is 14.2 Å². The lowest BCUT2D eigenvalue weighted by Crippen LogP contribution is -2.43. The largest absolute Gasteiger partial charge is 0.348 e. The molecule has 3 rings (SSSR count). The summed E-state index contributed by atoms with van der Waals surface area (Å²) in [4.78, 5) is 39.0. The summed E-state index contributed by atoms with van der Waals surface area (Å²) in [6, 6.07) is 13.1. The lowest BCUT2D eigenvalue weighted by Gasteiger charge is -2.13. The molecule has 0 radical (unpaired) electrons. The van der Waals surface area contributed by atoms with Gasteiger partial charge in [-0.2, -0.15) is 5.26 Å². The van der Waals surface area contributed by atoms with E-state index < -0.39 is 17.2 Å². The molecule has 0 spiro atoms. The van der Waals surface area contributed by atoms with Crippen LogP contribution in [0.15, 0.2) is 58.3 Å². The van der Waals surface area contributed by atoms with Crippen molar-refractivity contribution in [3.63, 3.8) is 0 Å². The third-order valence-corrected chi connectivity index (χ3v) is 5.56. The van der Waals surface area contributed by atoms with E-state index in [1.807, 2.05) is 13.0 Å². The number of nitriles is 1. The number of carbonyl (C=O) groups is 1. The summed E-state index contributed by atoms with van der Waals surface area (Å²) >= 11 is 11.9. The number of rotatable bonds is 7. The molecule has 3 aromatic rings. The third kappa shape index (κ3) is 5.10. The van der Waals surface area contributed by atoms with Crippen LogP contribution in [0, 0.1) is 11.3 Å². The van der Waals surface area contributed by atoms with Gasteiger partial charge in [0.2, 0.25) is 0 Å². The minimum absolute atomic E-state index is 0.118. The fourth-order valence-electron chi connectivity index (χ4n) is 3.12. The second-order valence-electron chi connectivity index (χ2n) is 7.11. The van der Waals surface area contributed by atoms with Crippen molar-refractivity contribution in [1.82, 2.24) is 14.5 Å². The van der Waals surface area contributed by atoms with E-state index in [2.05, 4.69) is 5.32 Å². The molecule has 0 aliphatic rings. The van der Waals surface area contributed by atoms with Gasteiger partial charge < -0.3 is 5.32 Å². The van der Waals surface area contributed by atoms with Crippen LogP contribution < -0.4 is 16.6 Å². The van der Waals surface area contributed by atoms with Crippen molar-refractivity contribution in [2.75, 3.05) is 0 Å². The molecule has 9 heteroatoms. The van der Waals surface area contributed by atoms with Crippen molar-refractivity contribution in [2.24, 2.45) is 0 Å². The van der Waals surface area contributed by atoms with E-state index in [0.29, 0.717) is 34.1 Å². The van der Waals surface area contributed by atoms with E-state index in [1.165, 1.54) is 16.8 Å². The Hall–Kier alpha value is -3.34. The minimum Gasteiger partial charge on any atom is -0.348 e. The Labute approximate surface area is 194 Å². The summed E-state index contributed by atoms with van der Waals surface area (Å²) in [7, 11) is 0. The number of amides is 1. The molecule has 0 aliphatic carbocycles. The van der Waals surface area contributed by atoms with Gasteiger partial charge >= 0.3 is 5.69 Å². The maximum absolute atomic E-state index is 13.1. The molecular formula is C23H20Cl2N4O3.